The van der Waals surface area contributed by atoms with E-state index in [1.807, 2.05) is 12.1 Å². The molecule has 2 rings (SSSR count). The van der Waals surface area contributed by atoms with Crippen molar-refractivity contribution in [3.63, 3.8) is 0 Å². The van der Waals surface area contributed by atoms with Gasteiger partial charge in [0, 0.05) is 24.3 Å². The molecule has 2 nitrogen and oxygen atoms in total. The lowest BCUT2D eigenvalue weighted by molar-refractivity contribution is 1.04. The number of nitrogens with zero attached hydrogens (tertiary/aromatic N) is 1. The Morgan fingerprint density at radius 3 is 3.18 bits per heavy atom. The van der Waals surface area contributed by atoms with Gasteiger partial charge in [-0.05, 0) is 12.0 Å². The number of pyridine rings is 1. The van der Waals surface area contributed by atoms with E-state index in [1.54, 1.807) is 6.20 Å². The molecule has 2 heteroatoms. The first kappa shape index (κ1) is 6.38. The first-order valence-corrected chi connectivity index (χ1v) is 3.56. The Morgan fingerprint density at radius 2 is 2.55 bits per heavy atom. The van der Waals surface area contributed by atoms with Crippen molar-refractivity contribution in [3.05, 3.63) is 29.6 Å². The second-order valence-electron chi connectivity index (χ2n) is 2.55. The Kier molecular flexibility index (Phi) is 1.38. The van der Waals surface area contributed by atoms with Crippen molar-refractivity contribution in [1.29, 1.82) is 0 Å². The summed E-state index contributed by atoms with van der Waals surface area (Å²) in [7, 11) is 0. The Bertz CT molecular complexity index is 308. The molecule has 1 saturated heterocycles. The van der Waals surface area contributed by atoms with Crippen molar-refractivity contribution in [1.82, 2.24) is 10.3 Å². The Morgan fingerprint density at radius 1 is 1.73 bits per heavy atom. The number of hydrogen-bond donors (Lipinski definition) is 1. The van der Waals surface area contributed by atoms with Crippen LogP contribution in [0.25, 0.3) is 0 Å². The van der Waals surface area contributed by atoms with E-state index in [-0.39, 0.29) is 0 Å². The van der Waals surface area contributed by atoms with Crippen molar-refractivity contribution < 1.29 is 0 Å². The molecule has 11 heavy (non-hydrogen) atoms. The van der Waals surface area contributed by atoms with E-state index < -0.39 is 0 Å². The molecule has 1 aliphatic heterocycles. The van der Waals surface area contributed by atoms with Crippen LogP contribution in [0.1, 0.15) is 17.3 Å². The average molecular weight is 144 g/mol. The molecule has 0 amide bonds. The lowest BCUT2D eigenvalue weighted by atomic mass is 10.1. The molecular formula is C9H8N2. The summed E-state index contributed by atoms with van der Waals surface area (Å²) in [5.41, 5.74) is 1.91. The molecule has 0 spiro atoms. The van der Waals surface area contributed by atoms with Crippen LogP contribution in [0.3, 0.4) is 0 Å². The van der Waals surface area contributed by atoms with Crippen molar-refractivity contribution in [3.8, 4) is 12.3 Å². The fourth-order valence-electron chi connectivity index (χ4n) is 1.10. The van der Waals surface area contributed by atoms with Gasteiger partial charge in [0.2, 0.25) is 0 Å². The van der Waals surface area contributed by atoms with Crippen LogP contribution in [0, 0.1) is 12.3 Å². The molecule has 0 radical (unpaired) electrons. The lowest BCUT2D eigenvalue weighted by Gasteiger charge is -1.97. The van der Waals surface area contributed by atoms with E-state index >= 15 is 0 Å². The smallest absolute Gasteiger partial charge is 0.117 e. The molecule has 1 atom stereocenters. The van der Waals surface area contributed by atoms with Gasteiger partial charge in [0.1, 0.15) is 5.69 Å². The average Bonchev–Trinajstić information content (AvgIpc) is 2.87. The largest absolute Gasteiger partial charge is 0.307 e. The summed E-state index contributed by atoms with van der Waals surface area (Å²) in [5, 5.41) is 3.19. The van der Waals surface area contributed by atoms with Crippen LogP contribution in [0.4, 0.5) is 0 Å². The number of aromatic nitrogens is 1. The standard InChI is InChI=1S/C9H8N2/c1-2-8-7(9-6-11-9)4-3-5-10-8/h1,3-5,9,11H,6H2/t9-/m1/s1. The van der Waals surface area contributed by atoms with Crippen LogP contribution < -0.4 is 5.32 Å². The monoisotopic (exact) mass is 144 g/mol. The molecule has 0 saturated carbocycles. The number of rotatable bonds is 1. The highest BCUT2D eigenvalue weighted by atomic mass is 15.1. The zero-order valence-corrected chi connectivity index (χ0v) is 6.04. The van der Waals surface area contributed by atoms with E-state index in [0.29, 0.717) is 6.04 Å². The van der Waals surface area contributed by atoms with Gasteiger partial charge in [-0.1, -0.05) is 6.07 Å². The maximum absolute atomic E-state index is 5.28. The maximum atomic E-state index is 5.28. The molecule has 2 heterocycles. The van der Waals surface area contributed by atoms with E-state index in [0.717, 1.165) is 17.8 Å². The van der Waals surface area contributed by atoms with Crippen LogP contribution in [0.15, 0.2) is 18.3 Å². The molecular weight excluding hydrogens is 136 g/mol. The van der Waals surface area contributed by atoms with Crippen molar-refractivity contribution in [2.24, 2.45) is 0 Å². The van der Waals surface area contributed by atoms with Gasteiger partial charge in [-0.3, -0.25) is 0 Å². The molecule has 1 fully saturated rings. The summed E-state index contributed by atoms with van der Waals surface area (Å²) < 4.78 is 0. The molecule has 0 unspecified atom stereocenters. The zero-order valence-electron chi connectivity index (χ0n) is 6.04. The van der Waals surface area contributed by atoms with Gasteiger partial charge in [0.15, 0.2) is 0 Å². The SMILES string of the molecule is C#Cc1ncccc1[C@H]1CN1. The summed E-state index contributed by atoms with van der Waals surface area (Å²) in [6.45, 7) is 1.03. The highest BCUT2D eigenvalue weighted by Crippen LogP contribution is 2.22. The van der Waals surface area contributed by atoms with Gasteiger partial charge in [-0.2, -0.15) is 0 Å². The van der Waals surface area contributed by atoms with E-state index in [9.17, 15) is 0 Å². The Labute approximate surface area is 65.7 Å². The summed E-state index contributed by atoms with van der Waals surface area (Å²) >= 11 is 0. The Hall–Kier alpha value is -1.33. The molecule has 1 aromatic rings. The third-order valence-electron chi connectivity index (χ3n) is 1.76. The van der Waals surface area contributed by atoms with Crippen molar-refractivity contribution in [2.75, 3.05) is 6.54 Å². The highest BCUT2D eigenvalue weighted by molar-refractivity contribution is 5.37. The second kappa shape index (κ2) is 2.37. The third kappa shape index (κ3) is 1.11. The van der Waals surface area contributed by atoms with Gasteiger partial charge in [0.25, 0.3) is 0 Å². The van der Waals surface area contributed by atoms with Crippen LogP contribution >= 0.6 is 0 Å². The number of hydrogen-bond acceptors (Lipinski definition) is 2. The first-order chi connectivity index (χ1) is 5.42. The van der Waals surface area contributed by atoms with Crippen LogP contribution in [0.2, 0.25) is 0 Å². The summed E-state index contributed by atoms with van der Waals surface area (Å²) in [6.07, 6.45) is 7.00. The molecule has 1 N–H and O–H groups in total. The minimum atomic E-state index is 0.453. The number of terminal acetylenes is 1. The Balaban J connectivity index is 2.44. The predicted molar refractivity (Wildman–Crippen MR) is 42.9 cm³/mol. The molecule has 0 aliphatic carbocycles. The predicted octanol–water partition coefficient (Wildman–Crippen LogP) is 0.707. The molecule has 54 valence electrons. The zero-order chi connectivity index (χ0) is 7.68. The second-order valence-corrected chi connectivity index (χ2v) is 2.55. The van der Waals surface area contributed by atoms with E-state index in [4.69, 9.17) is 6.42 Å². The summed E-state index contributed by atoms with van der Waals surface area (Å²) in [4.78, 5) is 4.08. The topological polar surface area (TPSA) is 34.8 Å². The third-order valence-corrected chi connectivity index (χ3v) is 1.76. The molecule has 1 aromatic heterocycles. The van der Waals surface area contributed by atoms with E-state index in [1.165, 1.54) is 0 Å². The van der Waals surface area contributed by atoms with Crippen LogP contribution in [0.5, 0.6) is 0 Å². The van der Waals surface area contributed by atoms with Gasteiger partial charge < -0.3 is 5.32 Å². The summed E-state index contributed by atoms with van der Waals surface area (Å²) in [6, 6.07) is 4.39. The minimum Gasteiger partial charge on any atom is -0.307 e. The molecule has 1 aliphatic rings. The molecule has 0 aromatic carbocycles. The van der Waals surface area contributed by atoms with Crippen molar-refractivity contribution in [2.45, 2.75) is 6.04 Å². The fourth-order valence-corrected chi connectivity index (χ4v) is 1.10. The quantitative estimate of drug-likeness (QED) is 0.465. The highest BCUT2D eigenvalue weighted by Gasteiger charge is 2.24. The number of nitrogens with one attached hydrogen (secondary N) is 1. The van der Waals surface area contributed by atoms with Crippen LogP contribution in [-0.4, -0.2) is 11.5 Å². The van der Waals surface area contributed by atoms with Gasteiger partial charge in [0.05, 0.1) is 0 Å². The first-order valence-electron chi connectivity index (χ1n) is 3.56. The normalized spacial score (nSPS) is 20.8. The van der Waals surface area contributed by atoms with E-state index in [2.05, 4.69) is 16.2 Å². The van der Waals surface area contributed by atoms with Gasteiger partial charge >= 0.3 is 0 Å². The molecule has 0 bridgehead atoms. The minimum absolute atomic E-state index is 0.453. The lowest BCUT2D eigenvalue weighted by Crippen LogP contribution is -1.92. The summed E-state index contributed by atoms with van der Waals surface area (Å²) in [5.74, 6) is 2.57. The maximum Gasteiger partial charge on any atom is 0.117 e. The van der Waals surface area contributed by atoms with Crippen LogP contribution in [-0.2, 0) is 0 Å². The van der Waals surface area contributed by atoms with Crippen molar-refractivity contribution >= 4 is 0 Å². The van der Waals surface area contributed by atoms with Gasteiger partial charge in [-0.15, -0.1) is 6.42 Å². The van der Waals surface area contributed by atoms with Gasteiger partial charge in [-0.25, -0.2) is 4.98 Å². The fraction of sp³-hybridized carbons (Fsp3) is 0.222.